The maximum absolute atomic E-state index is 13.1. The first kappa shape index (κ1) is 19.2. The zero-order valence-electron chi connectivity index (χ0n) is 15.2. The molecule has 4 rings (SSSR count). The van der Waals surface area contributed by atoms with Gasteiger partial charge >= 0.3 is 6.18 Å². The molecule has 0 atom stereocenters. The van der Waals surface area contributed by atoms with Gasteiger partial charge in [0.15, 0.2) is 0 Å². The van der Waals surface area contributed by atoms with Crippen molar-refractivity contribution in [1.82, 2.24) is 15.1 Å². The normalized spacial score (nSPS) is 14.1. The van der Waals surface area contributed by atoms with E-state index in [9.17, 15) is 22.4 Å². The van der Waals surface area contributed by atoms with Crippen molar-refractivity contribution in [2.45, 2.75) is 31.5 Å². The summed E-state index contributed by atoms with van der Waals surface area (Å²) in [7, 11) is 0. The van der Waals surface area contributed by atoms with Crippen LogP contribution in [0.1, 0.15) is 45.9 Å². The van der Waals surface area contributed by atoms with Crippen LogP contribution in [0.15, 0.2) is 54.7 Å². The molecule has 150 valence electrons. The number of carbonyl (C=O) groups excluding carboxylic acids is 1. The van der Waals surface area contributed by atoms with Crippen molar-refractivity contribution in [3.05, 3.63) is 82.9 Å². The van der Waals surface area contributed by atoms with Gasteiger partial charge in [0.2, 0.25) is 0 Å². The molecule has 0 unspecified atom stereocenters. The minimum Gasteiger partial charge on any atom is -0.348 e. The van der Waals surface area contributed by atoms with E-state index in [2.05, 4.69) is 10.4 Å². The molecule has 8 heteroatoms. The van der Waals surface area contributed by atoms with Crippen molar-refractivity contribution in [3.8, 4) is 5.69 Å². The molecule has 1 heterocycles. The van der Waals surface area contributed by atoms with E-state index >= 15 is 0 Å². The molecule has 1 fully saturated rings. The van der Waals surface area contributed by atoms with Crippen molar-refractivity contribution in [2.75, 3.05) is 0 Å². The highest BCUT2D eigenvalue weighted by atomic mass is 19.4. The second-order valence-corrected chi connectivity index (χ2v) is 6.99. The van der Waals surface area contributed by atoms with Gasteiger partial charge in [0, 0.05) is 12.5 Å². The number of benzene rings is 2. The lowest BCUT2D eigenvalue weighted by Gasteiger charge is -2.12. The van der Waals surface area contributed by atoms with E-state index in [4.69, 9.17) is 0 Å². The molecule has 0 saturated heterocycles. The number of amides is 1. The van der Waals surface area contributed by atoms with Gasteiger partial charge in [-0.15, -0.1) is 0 Å². The molecule has 1 N–H and O–H groups in total. The Hall–Kier alpha value is -3.16. The highest BCUT2D eigenvalue weighted by Crippen LogP contribution is 2.42. The Balaban J connectivity index is 1.60. The fraction of sp³-hybridized carbons (Fsp3) is 0.238. The Morgan fingerprint density at radius 3 is 2.52 bits per heavy atom. The van der Waals surface area contributed by atoms with Crippen LogP contribution < -0.4 is 5.32 Å². The van der Waals surface area contributed by atoms with Crippen LogP contribution >= 0.6 is 0 Å². The summed E-state index contributed by atoms with van der Waals surface area (Å²) < 4.78 is 53.6. The Bertz CT molecular complexity index is 1040. The fourth-order valence-corrected chi connectivity index (χ4v) is 3.18. The number of halogens is 4. The molecule has 0 spiro atoms. The molecule has 29 heavy (non-hydrogen) atoms. The minimum atomic E-state index is -4.46. The summed E-state index contributed by atoms with van der Waals surface area (Å²) in [5.74, 6) is -0.647. The molecule has 1 saturated carbocycles. The smallest absolute Gasteiger partial charge is 0.348 e. The van der Waals surface area contributed by atoms with E-state index in [0.717, 1.165) is 30.5 Å². The molecule has 0 aliphatic heterocycles. The van der Waals surface area contributed by atoms with Gasteiger partial charge in [0.25, 0.3) is 5.91 Å². The van der Waals surface area contributed by atoms with E-state index in [1.807, 2.05) is 0 Å². The van der Waals surface area contributed by atoms with Crippen LogP contribution in [-0.2, 0) is 12.7 Å². The SMILES string of the molecule is O=C(NCc1ccc(F)cc1)c1cnn(-c2cccc(C(F)(F)F)c2)c1C1CC1. The highest BCUT2D eigenvalue weighted by molar-refractivity contribution is 5.95. The number of nitrogens with zero attached hydrogens (tertiary/aromatic N) is 2. The molecule has 1 amide bonds. The van der Waals surface area contributed by atoms with Crippen molar-refractivity contribution < 1.29 is 22.4 Å². The summed E-state index contributed by atoms with van der Waals surface area (Å²) >= 11 is 0. The molecule has 1 aromatic heterocycles. The van der Waals surface area contributed by atoms with Crippen LogP contribution in [0.25, 0.3) is 5.69 Å². The maximum atomic E-state index is 13.1. The molecule has 1 aliphatic carbocycles. The summed E-state index contributed by atoms with van der Waals surface area (Å²) in [5, 5.41) is 6.96. The summed E-state index contributed by atoms with van der Waals surface area (Å²) in [6, 6.07) is 10.6. The van der Waals surface area contributed by atoms with Gasteiger partial charge in [-0.1, -0.05) is 18.2 Å². The van der Waals surface area contributed by atoms with Crippen LogP contribution in [0.3, 0.4) is 0 Å². The Morgan fingerprint density at radius 1 is 1.14 bits per heavy atom. The summed E-state index contributed by atoms with van der Waals surface area (Å²) in [6.45, 7) is 0.206. The first-order valence-corrected chi connectivity index (χ1v) is 9.11. The number of rotatable bonds is 5. The van der Waals surface area contributed by atoms with E-state index in [-0.39, 0.29) is 29.9 Å². The second-order valence-electron chi connectivity index (χ2n) is 6.99. The molecule has 2 aromatic carbocycles. The van der Waals surface area contributed by atoms with Gasteiger partial charge in [-0.05, 0) is 48.7 Å². The zero-order valence-corrected chi connectivity index (χ0v) is 15.2. The summed E-state index contributed by atoms with van der Waals surface area (Å²) in [5.41, 5.74) is 1.18. The standard InChI is InChI=1S/C21H17F4N3O/c22-16-8-4-13(5-9-16)11-26-20(29)18-12-27-28(19(18)14-6-7-14)17-3-1-2-15(10-17)21(23,24)25/h1-5,8-10,12,14H,6-7,11H2,(H,26,29). The van der Waals surface area contributed by atoms with Gasteiger partial charge in [-0.3, -0.25) is 4.79 Å². The lowest BCUT2D eigenvalue weighted by atomic mass is 10.1. The average molecular weight is 403 g/mol. The molecule has 1 aliphatic rings. The summed E-state index contributed by atoms with van der Waals surface area (Å²) in [4.78, 5) is 12.7. The van der Waals surface area contributed by atoms with Crippen molar-refractivity contribution in [3.63, 3.8) is 0 Å². The highest BCUT2D eigenvalue weighted by Gasteiger charge is 2.34. The minimum absolute atomic E-state index is 0.0821. The van der Waals surface area contributed by atoms with Gasteiger partial charge in [-0.2, -0.15) is 18.3 Å². The number of carbonyl (C=O) groups is 1. The third kappa shape index (κ3) is 4.16. The first-order valence-electron chi connectivity index (χ1n) is 9.11. The lowest BCUT2D eigenvalue weighted by Crippen LogP contribution is -2.23. The summed E-state index contributed by atoms with van der Waals surface area (Å²) in [6.07, 6.45) is -1.38. The van der Waals surface area contributed by atoms with Crippen molar-refractivity contribution >= 4 is 5.91 Å². The number of aromatic nitrogens is 2. The molecule has 0 bridgehead atoms. The van der Waals surface area contributed by atoms with Crippen LogP contribution in [0.4, 0.5) is 17.6 Å². The number of hydrogen-bond donors (Lipinski definition) is 1. The van der Waals surface area contributed by atoms with Gasteiger partial charge in [0.1, 0.15) is 5.82 Å². The molecule has 4 nitrogen and oxygen atoms in total. The van der Waals surface area contributed by atoms with Crippen LogP contribution in [0.5, 0.6) is 0 Å². The van der Waals surface area contributed by atoms with Gasteiger partial charge in [-0.25, -0.2) is 9.07 Å². The maximum Gasteiger partial charge on any atom is 0.416 e. The lowest BCUT2D eigenvalue weighted by molar-refractivity contribution is -0.137. The largest absolute Gasteiger partial charge is 0.416 e. The van der Waals surface area contributed by atoms with Crippen LogP contribution in [0.2, 0.25) is 0 Å². The average Bonchev–Trinajstić information content (AvgIpc) is 3.44. The molecular formula is C21H17F4N3O. The Labute approximate surface area is 164 Å². The van der Waals surface area contributed by atoms with E-state index < -0.39 is 11.7 Å². The molecule has 3 aromatic rings. The predicted octanol–water partition coefficient (Wildman–Crippen LogP) is 4.84. The topological polar surface area (TPSA) is 46.9 Å². The number of hydrogen-bond acceptors (Lipinski definition) is 2. The quantitative estimate of drug-likeness (QED) is 0.620. The van der Waals surface area contributed by atoms with E-state index in [0.29, 0.717) is 11.3 Å². The van der Waals surface area contributed by atoms with Crippen molar-refractivity contribution in [1.29, 1.82) is 0 Å². The van der Waals surface area contributed by atoms with Gasteiger partial charge < -0.3 is 5.32 Å². The van der Waals surface area contributed by atoms with E-state index in [1.165, 1.54) is 35.1 Å². The first-order chi connectivity index (χ1) is 13.8. The van der Waals surface area contributed by atoms with Crippen molar-refractivity contribution in [2.24, 2.45) is 0 Å². The van der Waals surface area contributed by atoms with Gasteiger partial charge in [0.05, 0.1) is 28.7 Å². The second kappa shape index (κ2) is 7.35. The van der Waals surface area contributed by atoms with Crippen LogP contribution in [-0.4, -0.2) is 15.7 Å². The molecule has 0 radical (unpaired) electrons. The molecular weight excluding hydrogens is 386 g/mol. The number of nitrogens with one attached hydrogen (secondary N) is 1. The van der Waals surface area contributed by atoms with E-state index in [1.54, 1.807) is 12.1 Å². The van der Waals surface area contributed by atoms with Crippen LogP contribution in [0, 0.1) is 5.82 Å². The predicted molar refractivity (Wildman–Crippen MR) is 98.1 cm³/mol. The third-order valence-electron chi connectivity index (χ3n) is 4.80. The zero-order chi connectivity index (χ0) is 20.6. The monoisotopic (exact) mass is 403 g/mol. The fourth-order valence-electron chi connectivity index (χ4n) is 3.18. The third-order valence-corrected chi connectivity index (χ3v) is 4.80. The Morgan fingerprint density at radius 2 is 1.86 bits per heavy atom. The Kier molecular flexibility index (Phi) is 4.86. The number of alkyl halides is 3.